The van der Waals surface area contributed by atoms with Gasteiger partial charge in [0.05, 0.1) is 5.69 Å². The van der Waals surface area contributed by atoms with Crippen molar-refractivity contribution < 1.29 is 13.6 Å². The van der Waals surface area contributed by atoms with E-state index in [-0.39, 0.29) is 24.0 Å². The number of hydrogen-bond acceptors (Lipinski definition) is 2. The van der Waals surface area contributed by atoms with Crippen LogP contribution in [0.15, 0.2) is 18.2 Å². The molecule has 1 aromatic rings. The van der Waals surface area contributed by atoms with Gasteiger partial charge in [-0.1, -0.05) is 0 Å². The molecule has 6 heteroatoms. The van der Waals surface area contributed by atoms with Crippen LogP contribution in [0, 0.1) is 17.6 Å². The maximum atomic E-state index is 13.3. The summed E-state index contributed by atoms with van der Waals surface area (Å²) in [6.45, 7) is 1.84. The Hall–Kier alpha value is -1.20. The van der Waals surface area contributed by atoms with Crippen LogP contribution in [0.3, 0.4) is 0 Å². The van der Waals surface area contributed by atoms with Crippen LogP contribution in [0.2, 0.25) is 0 Å². The molecule has 1 aliphatic rings. The second-order valence-corrected chi connectivity index (χ2v) is 4.57. The van der Waals surface area contributed by atoms with Crippen LogP contribution in [0.25, 0.3) is 0 Å². The van der Waals surface area contributed by atoms with E-state index in [9.17, 15) is 13.6 Å². The average Bonchev–Trinajstić information content (AvgIpc) is 2.34. The van der Waals surface area contributed by atoms with Crippen molar-refractivity contribution in [3.8, 4) is 0 Å². The van der Waals surface area contributed by atoms with Crippen molar-refractivity contribution in [3.63, 3.8) is 0 Å². The third-order valence-corrected chi connectivity index (χ3v) is 3.14. The van der Waals surface area contributed by atoms with E-state index in [0.717, 1.165) is 38.1 Å². The summed E-state index contributed by atoms with van der Waals surface area (Å²) in [7, 11) is 0. The number of anilines is 1. The maximum Gasteiger partial charge on any atom is 0.224 e. The molecule has 1 aromatic carbocycles. The first-order valence-electron chi connectivity index (χ1n) is 6.11. The Kier molecular flexibility index (Phi) is 6.18. The Balaban J connectivity index is 0.00000180. The SMILES string of the molecule is Cl.O=C(CC1CCNCC1)Nc1ccc(F)cc1F. The van der Waals surface area contributed by atoms with Crippen LogP contribution in [0.4, 0.5) is 14.5 Å². The molecule has 106 valence electrons. The first-order valence-corrected chi connectivity index (χ1v) is 6.11. The van der Waals surface area contributed by atoms with Crippen LogP contribution in [0.5, 0.6) is 0 Å². The Bertz CT molecular complexity index is 437. The molecule has 3 nitrogen and oxygen atoms in total. The third-order valence-electron chi connectivity index (χ3n) is 3.14. The highest BCUT2D eigenvalue weighted by Gasteiger charge is 2.17. The fraction of sp³-hybridized carbons (Fsp3) is 0.462. The molecule has 1 fully saturated rings. The highest BCUT2D eigenvalue weighted by atomic mass is 35.5. The van der Waals surface area contributed by atoms with Gasteiger partial charge in [0.25, 0.3) is 0 Å². The van der Waals surface area contributed by atoms with Crippen LogP contribution in [0.1, 0.15) is 19.3 Å². The number of piperidine rings is 1. The summed E-state index contributed by atoms with van der Waals surface area (Å²) in [6.07, 6.45) is 2.30. The normalized spacial score (nSPS) is 15.7. The van der Waals surface area contributed by atoms with Crippen molar-refractivity contribution in [2.24, 2.45) is 5.92 Å². The van der Waals surface area contributed by atoms with Crippen LogP contribution in [-0.2, 0) is 4.79 Å². The Morgan fingerprint density at radius 3 is 2.63 bits per heavy atom. The lowest BCUT2D eigenvalue weighted by Gasteiger charge is -2.21. The molecule has 2 N–H and O–H groups in total. The molecule has 0 radical (unpaired) electrons. The molecule has 0 atom stereocenters. The predicted molar refractivity (Wildman–Crippen MR) is 72.4 cm³/mol. The summed E-state index contributed by atoms with van der Waals surface area (Å²) in [6, 6.07) is 3.13. The molecule has 1 aliphatic heterocycles. The van der Waals surface area contributed by atoms with Gasteiger partial charge in [0.15, 0.2) is 0 Å². The molecular formula is C13H17ClF2N2O. The van der Waals surface area contributed by atoms with E-state index < -0.39 is 11.6 Å². The lowest BCUT2D eigenvalue weighted by molar-refractivity contribution is -0.117. The number of carbonyl (C=O) groups excluding carboxylic acids is 1. The van der Waals surface area contributed by atoms with E-state index in [4.69, 9.17) is 0 Å². The molecule has 0 unspecified atom stereocenters. The van der Waals surface area contributed by atoms with Gasteiger partial charge in [-0.05, 0) is 44.0 Å². The number of benzene rings is 1. The highest BCUT2D eigenvalue weighted by Crippen LogP contribution is 2.19. The van der Waals surface area contributed by atoms with Gasteiger partial charge < -0.3 is 10.6 Å². The van der Waals surface area contributed by atoms with Crippen molar-refractivity contribution in [1.82, 2.24) is 5.32 Å². The van der Waals surface area contributed by atoms with E-state index in [2.05, 4.69) is 10.6 Å². The van der Waals surface area contributed by atoms with Crippen LogP contribution < -0.4 is 10.6 Å². The summed E-state index contributed by atoms with van der Waals surface area (Å²) in [5.74, 6) is -1.26. The zero-order valence-electron chi connectivity index (χ0n) is 10.4. The van der Waals surface area contributed by atoms with Gasteiger partial charge in [-0.2, -0.15) is 0 Å². The standard InChI is InChI=1S/C13H16F2N2O.ClH/c14-10-1-2-12(11(15)8-10)17-13(18)7-9-3-5-16-6-4-9;/h1-2,8-9,16H,3-7H2,(H,17,18);1H. The van der Waals surface area contributed by atoms with E-state index in [0.29, 0.717) is 12.3 Å². The number of rotatable bonds is 3. The van der Waals surface area contributed by atoms with Gasteiger partial charge in [0.2, 0.25) is 5.91 Å². The van der Waals surface area contributed by atoms with Gasteiger partial charge in [0.1, 0.15) is 11.6 Å². The minimum absolute atomic E-state index is 0. The van der Waals surface area contributed by atoms with Crippen LogP contribution in [-0.4, -0.2) is 19.0 Å². The molecule has 0 aliphatic carbocycles. The van der Waals surface area contributed by atoms with E-state index in [1.807, 2.05) is 0 Å². The van der Waals surface area contributed by atoms with Gasteiger partial charge in [0, 0.05) is 12.5 Å². The molecule has 0 bridgehead atoms. The number of hydrogen-bond donors (Lipinski definition) is 2. The molecule has 0 spiro atoms. The Morgan fingerprint density at radius 2 is 2.00 bits per heavy atom. The summed E-state index contributed by atoms with van der Waals surface area (Å²) in [5.41, 5.74) is 0.0373. The molecule has 1 saturated heterocycles. The second kappa shape index (κ2) is 7.40. The number of halogens is 3. The summed E-state index contributed by atoms with van der Waals surface area (Å²) in [5, 5.41) is 5.70. The van der Waals surface area contributed by atoms with Gasteiger partial charge >= 0.3 is 0 Å². The van der Waals surface area contributed by atoms with E-state index in [1.54, 1.807) is 0 Å². The summed E-state index contributed by atoms with van der Waals surface area (Å²) in [4.78, 5) is 11.7. The molecule has 0 saturated carbocycles. The third kappa shape index (κ3) is 4.76. The number of amides is 1. The number of carbonyl (C=O) groups is 1. The maximum absolute atomic E-state index is 13.3. The van der Waals surface area contributed by atoms with Gasteiger partial charge in [-0.3, -0.25) is 4.79 Å². The van der Waals surface area contributed by atoms with Gasteiger partial charge in [-0.25, -0.2) is 8.78 Å². The van der Waals surface area contributed by atoms with Crippen molar-refractivity contribution in [1.29, 1.82) is 0 Å². The Labute approximate surface area is 117 Å². The predicted octanol–water partition coefficient (Wildman–Crippen LogP) is 2.71. The average molecular weight is 291 g/mol. The lowest BCUT2D eigenvalue weighted by atomic mass is 9.94. The molecular weight excluding hydrogens is 274 g/mol. The van der Waals surface area contributed by atoms with E-state index >= 15 is 0 Å². The minimum atomic E-state index is -0.742. The smallest absolute Gasteiger partial charge is 0.224 e. The summed E-state index contributed by atoms with van der Waals surface area (Å²) >= 11 is 0. The first-order chi connectivity index (χ1) is 8.65. The molecule has 2 rings (SSSR count). The van der Waals surface area contributed by atoms with Crippen LogP contribution >= 0.6 is 12.4 Å². The highest BCUT2D eigenvalue weighted by molar-refractivity contribution is 5.90. The first kappa shape index (κ1) is 15.9. The largest absolute Gasteiger partial charge is 0.324 e. The fourth-order valence-corrected chi connectivity index (χ4v) is 2.14. The lowest BCUT2D eigenvalue weighted by Crippen LogP contribution is -2.30. The van der Waals surface area contributed by atoms with Crippen molar-refractivity contribution >= 4 is 24.0 Å². The van der Waals surface area contributed by atoms with Crippen molar-refractivity contribution in [3.05, 3.63) is 29.8 Å². The number of nitrogens with one attached hydrogen (secondary N) is 2. The fourth-order valence-electron chi connectivity index (χ4n) is 2.14. The summed E-state index contributed by atoms with van der Waals surface area (Å²) < 4.78 is 26.0. The topological polar surface area (TPSA) is 41.1 Å². The van der Waals surface area contributed by atoms with Crippen molar-refractivity contribution in [2.75, 3.05) is 18.4 Å². The Morgan fingerprint density at radius 1 is 1.32 bits per heavy atom. The molecule has 1 amide bonds. The molecule has 1 heterocycles. The molecule has 0 aromatic heterocycles. The quantitative estimate of drug-likeness (QED) is 0.899. The molecule has 19 heavy (non-hydrogen) atoms. The van der Waals surface area contributed by atoms with E-state index in [1.165, 1.54) is 6.07 Å². The second-order valence-electron chi connectivity index (χ2n) is 4.57. The van der Waals surface area contributed by atoms with Gasteiger partial charge in [-0.15, -0.1) is 12.4 Å². The zero-order chi connectivity index (χ0) is 13.0. The monoisotopic (exact) mass is 290 g/mol. The van der Waals surface area contributed by atoms with Crippen molar-refractivity contribution in [2.45, 2.75) is 19.3 Å². The minimum Gasteiger partial charge on any atom is -0.324 e. The zero-order valence-corrected chi connectivity index (χ0v) is 11.2.